The molecule has 1 unspecified atom stereocenters. The molecule has 0 spiro atoms. The minimum atomic E-state index is -0.0827. The van der Waals surface area contributed by atoms with Crippen molar-refractivity contribution >= 4 is 0 Å². The van der Waals surface area contributed by atoms with Gasteiger partial charge in [0.2, 0.25) is 0 Å². The topological polar surface area (TPSA) is 12.0 Å². The Morgan fingerprint density at radius 2 is 1.89 bits per heavy atom. The van der Waals surface area contributed by atoms with Gasteiger partial charge >= 0.3 is 0 Å². The third kappa shape index (κ3) is 4.77. The maximum Gasteiger partial charge on any atom is 0.126 e. The Bertz CT molecular complexity index is 354. The average Bonchev–Trinajstić information content (AvgIpc) is 2.29. The number of benzene rings is 1. The minimum absolute atomic E-state index is 0.0827. The summed E-state index contributed by atoms with van der Waals surface area (Å²) >= 11 is 0. The van der Waals surface area contributed by atoms with E-state index in [1.807, 2.05) is 12.1 Å². The highest BCUT2D eigenvalue weighted by molar-refractivity contribution is 5.17. The van der Waals surface area contributed by atoms with Crippen LogP contribution in [0.3, 0.4) is 0 Å². The van der Waals surface area contributed by atoms with Gasteiger partial charge in [-0.05, 0) is 42.9 Å². The standard InChI is InChI=1S/C16H26FN/c1-5-12-18-15(16(2,3)4)11-10-13-8-6-7-9-14(13)17/h6-9,15,18H,5,10-12H2,1-4H3. The molecule has 18 heavy (non-hydrogen) atoms. The highest BCUT2D eigenvalue weighted by atomic mass is 19.1. The lowest BCUT2D eigenvalue weighted by Gasteiger charge is -2.32. The normalized spacial score (nSPS) is 13.6. The zero-order chi connectivity index (χ0) is 13.6. The van der Waals surface area contributed by atoms with Crippen molar-refractivity contribution in [1.82, 2.24) is 5.32 Å². The maximum absolute atomic E-state index is 13.6. The SMILES string of the molecule is CCCNC(CCc1ccccc1F)C(C)(C)C. The lowest BCUT2D eigenvalue weighted by Crippen LogP contribution is -2.41. The second-order valence-corrected chi connectivity index (χ2v) is 6.00. The molecular formula is C16H26FN. The minimum Gasteiger partial charge on any atom is -0.313 e. The van der Waals surface area contributed by atoms with Crippen LogP contribution in [0.2, 0.25) is 0 Å². The lowest BCUT2D eigenvalue weighted by atomic mass is 9.83. The Balaban J connectivity index is 2.59. The summed E-state index contributed by atoms with van der Waals surface area (Å²) in [5, 5.41) is 3.58. The van der Waals surface area contributed by atoms with E-state index in [1.165, 1.54) is 0 Å². The molecule has 0 bridgehead atoms. The Hall–Kier alpha value is -0.890. The first-order valence-electron chi connectivity index (χ1n) is 6.92. The Labute approximate surface area is 111 Å². The average molecular weight is 251 g/mol. The molecule has 1 aromatic rings. The van der Waals surface area contributed by atoms with Crippen molar-refractivity contribution in [2.24, 2.45) is 5.41 Å². The molecule has 102 valence electrons. The molecule has 0 aliphatic rings. The molecule has 0 fully saturated rings. The van der Waals surface area contributed by atoms with E-state index in [4.69, 9.17) is 0 Å². The van der Waals surface area contributed by atoms with Crippen LogP contribution >= 0.6 is 0 Å². The summed E-state index contributed by atoms with van der Waals surface area (Å²) in [4.78, 5) is 0. The van der Waals surface area contributed by atoms with Gasteiger partial charge in [-0.2, -0.15) is 0 Å². The molecule has 1 nitrogen and oxygen atoms in total. The highest BCUT2D eigenvalue weighted by Gasteiger charge is 2.23. The van der Waals surface area contributed by atoms with Crippen molar-refractivity contribution in [2.75, 3.05) is 6.54 Å². The fourth-order valence-electron chi connectivity index (χ4n) is 2.16. The Morgan fingerprint density at radius 3 is 2.44 bits per heavy atom. The van der Waals surface area contributed by atoms with Gasteiger partial charge in [-0.1, -0.05) is 45.9 Å². The molecular weight excluding hydrogens is 225 g/mol. The summed E-state index contributed by atoms with van der Waals surface area (Å²) in [7, 11) is 0. The van der Waals surface area contributed by atoms with E-state index < -0.39 is 0 Å². The summed E-state index contributed by atoms with van der Waals surface area (Å²) < 4.78 is 13.6. The van der Waals surface area contributed by atoms with Gasteiger partial charge in [0.1, 0.15) is 5.82 Å². The van der Waals surface area contributed by atoms with Crippen molar-refractivity contribution in [1.29, 1.82) is 0 Å². The maximum atomic E-state index is 13.6. The third-order valence-electron chi connectivity index (χ3n) is 3.35. The van der Waals surface area contributed by atoms with Crippen molar-refractivity contribution in [2.45, 2.75) is 53.0 Å². The number of hydrogen-bond acceptors (Lipinski definition) is 1. The third-order valence-corrected chi connectivity index (χ3v) is 3.35. The zero-order valence-electron chi connectivity index (χ0n) is 12.1. The van der Waals surface area contributed by atoms with Crippen LogP contribution in [0.5, 0.6) is 0 Å². The first-order chi connectivity index (χ1) is 8.45. The first kappa shape index (κ1) is 15.2. The molecule has 0 radical (unpaired) electrons. The van der Waals surface area contributed by atoms with Crippen LogP contribution in [-0.4, -0.2) is 12.6 Å². The van der Waals surface area contributed by atoms with E-state index in [0.717, 1.165) is 31.4 Å². The summed E-state index contributed by atoms with van der Waals surface area (Å²) in [6.07, 6.45) is 2.90. The van der Waals surface area contributed by atoms with Gasteiger partial charge in [0, 0.05) is 6.04 Å². The van der Waals surface area contributed by atoms with Crippen molar-refractivity contribution < 1.29 is 4.39 Å². The molecule has 1 N–H and O–H groups in total. The fourth-order valence-corrected chi connectivity index (χ4v) is 2.16. The van der Waals surface area contributed by atoms with Crippen LogP contribution in [0.1, 0.15) is 46.1 Å². The molecule has 1 rings (SSSR count). The molecule has 0 aromatic heterocycles. The quantitative estimate of drug-likeness (QED) is 0.800. The Morgan fingerprint density at radius 1 is 1.22 bits per heavy atom. The fraction of sp³-hybridized carbons (Fsp3) is 0.625. The van der Waals surface area contributed by atoms with Crippen LogP contribution in [0.25, 0.3) is 0 Å². The van der Waals surface area contributed by atoms with Gasteiger partial charge in [-0.3, -0.25) is 0 Å². The predicted molar refractivity (Wildman–Crippen MR) is 76.3 cm³/mol. The van der Waals surface area contributed by atoms with Crippen molar-refractivity contribution in [3.8, 4) is 0 Å². The van der Waals surface area contributed by atoms with Gasteiger partial charge in [0.25, 0.3) is 0 Å². The van der Waals surface area contributed by atoms with Crippen LogP contribution < -0.4 is 5.32 Å². The number of hydrogen-bond donors (Lipinski definition) is 1. The summed E-state index contributed by atoms with van der Waals surface area (Å²) in [5.41, 5.74) is 1.03. The van der Waals surface area contributed by atoms with Crippen LogP contribution in [0, 0.1) is 11.2 Å². The van der Waals surface area contributed by atoms with Gasteiger partial charge in [-0.15, -0.1) is 0 Å². The molecule has 0 heterocycles. The second kappa shape index (κ2) is 6.89. The lowest BCUT2D eigenvalue weighted by molar-refractivity contribution is 0.255. The van der Waals surface area contributed by atoms with E-state index in [-0.39, 0.29) is 11.2 Å². The van der Waals surface area contributed by atoms with E-state index in [9.17, 15) is 4.39 Å². The molecule has 2 heteroatoms. The number of rotatable bonds is 6. The molecule has 0 saturated carbocycles. The smallest absolute Gasteiger partial charge is 0.126 e. The molecule has 0 aliphatic carbocycles. The largest absolute Gasteiger partial charge is 0.313 e. The Kier molecular flexibility index (Phi) is 5.80. The van der Waals surface area contributed by atoms with Gasteiger partial charge in [0.05, 0.1) is 0 Å². The van der Waals surface area contributed by atoms with Crippen LogP contribution in [-0.2, 0) is 6.42 Å². The molecule has 1 aromatic carbocycles. The van der Waals surface area contributed by atoms with Gasteiger partial charge in [0.15, 0.2) is 0 Å². The predicted octanol–water partition coefficient (Wildman–Crippen LogP) is 4.17. The highest BCUT2D eigenvalue weighted by Crippen LogP contribution is 2.23. The van der Waals surface area contributed by atoms with Crippen LogP contribution in [0.4, 0.5) is 4.39 Å². The molecule has 0 saturated heterocycles. The molecule has 1 atom stereocenters. The van der Waals surface area contributed by atoms with E-state index in [1.54, 1.807) is 12.1 Å². The monoisotopic (exact) mass is 251 g/mol. The van der Waals surface area contributed by atoms with Crippen molar-refractivity contribution in [3.05, 3.63) is 35.6 Å². The second-order valence-electron chi connectivity index (χ2n) is 6.00. The van der Waals surface area contributed by atoms with Crippen LogP contribution in [0.15, 0.2) is 24.3 Å². The van der Waals surface area contributed by atoms with Gasteiger partial charge in [-0.25, -0.2) is 4.39 Å². The van der Waals surface area contributed by atoms with E-state index >= 15 is 0 Å². The summed E-state index contributed by atoms with van der Waals surface area (Å²) in [6, 6.07) is 7.51. The van der Waals surface area contributed by atoms with E-state index in [2.05, 4.69) is 33.0 Å². The summed E-state index contributed by atoms with van der Waals surface area (Å²) in [5.74, 6) is -0.0827. The van der Waals surface area contributed by atoms with Crippen molar-refractivity contribution in [3.63, 3.8) is 0 Å². The number of nitrogens with one attached hydrogen (secondary N) is 1. The number of aryl methyl sites for hydroxylation is 1. The zero-order valence-corrected chi connectivity index (χ0v) is 12.1. The molecule has 0 aliphatic heterocycles. The van der Waals surface area contributed by atoms with Gasteiger partial charge < -0.3 is 5.32 Å². The first-order valence-corrected chi connectivity index (χ1v) is 6.92. The van der Waals surface area contributed by atoms with E-state index in [0.29, 0.717) is 6.04 Å². The summed E-state index contributed by atoms with van der Waals surface area (Å²) in [6.45, 7) is 9.91. The number of halogens is 1. The molecule has 0 amide bonds.